The van der Waals surface area contributed by atoms with Gasteiger partial charge in [-0.15, -0.1) is 0 Å². The molecule has 4 rings (SSSR count). The largest absolute Gasteiger partial charge is 0.487 e. The van der Waals surface area contributed by atoms with Crippen LogP contribution in [0.2, 0.25) is 0 Å². The van der Waals surface area contributed by atoms with Gasteiger partial charge in [0.1, 0.15) is 23.2 Å². The van der Waals surface area contributed by atoms with Crippen molar-refractivity contribution in [3.8, 4) is 5.75 Å². The lowest BCUT2D eigenvalue weighted by Gasteiger charge is -2.35. The zero-order valence-electron chi connectivity index (χ0n) is 22.0. The minimum Gasteiger partial charge on any atom is -0.487 e. The molecule has 1 amide bonds. The van der Waals surface area contributed by atoms with E-state index in [4.69, 9.17) is 13.9 Å². The topological polar surface area (TPSA) is 77.8 Å². The Kier molecular flexibility index (Phi) is 7.25. The molecular formula is C30H35NO5. The number of methoxy groups -OCH3 is 1. The molecule has 3 aromatic rings. The van der Waals surface area contributed by atoms with Crippen molar-refractivity contribution in [1.29, 1.82) is 0 Å². The Morgan fingerprint density at radius 3 is 2.44 bits per heavy atom. The predicted molar refractivity (Wildman–Crippen MR) is 139 cm³/mol. The van der Waals surface area contributed by atoms with Gasteiger partial charge in [0.2, 0.25) is 0 Å². The molecule has 2 aromatic carbocycles. The van der Waals surface area contributed by atoms with Gasteiger partial charge in [0.05, 0.1) is 7.11 Å². The molecule has 0 saturated heterocycles. The van der Waals surface area contributed by atoms with Gasteiger partial charge in [-0.2, -0.15) is 0 Å². The minimum atomic E-state index is -0.810. The maximum atomic E-state index is 12.9. The summed E-state index contributed by atoms with van der Waals surface area (Å²) in [5.74, 6) is 0.928. The average Bonchev–Trinajstić information content (AvgIpc) is 3.33. The van der Waals surface area contributed by atoms with E-state index in [1.54, 1.807) is 6.07 Å². The highest BCUT2D eigenvalue weighted by atomic mass is 16.5. The molecule has 190 valence electrons. The van der Waals surface area contributed by atoms with E-state index in [1.165, 1.54) is 29.4 Å². The molecule has 0 unspecified atom stereocenters. The molecule has 0 bridgehead atoms. The van der Waals surface area contributed by atoms with Crippen molar-refractivity contribution in [3.63, 3.8) is 0 Å². The monoisotopic (exact) mass is 489 g/mol. The van der Waals surface area contributed by atoms with Crippen LogP contribution >= 0.6 is 0 Å². The van der Waals surface area contributed by atoms with E-state index in [2.05, 4.69) is 39.9 Å². The maximum Gasteiger partial charge on any atom is 0.328 e. The molecule has 0 aliphatic carbocycles. The van der Waals surface area contributed by atoms with E-state index in [0.717, 1.165) is 29.7 Å². The second-order valence-corrected chi connectivity index (χ2v) is 10.2. The van der Waals surface area contributed by atoms with E-state index in [1.807, 2.05) is 36.4 Å². The molecule has 1 aliphatic rings. The molecule has 1 aromatic heterocycles. The summed E-state index contributed by atoms with van der Waals surface area (Å²) in [6, 6.07) is 12.2. The predicted octanol–water partition coefficient (Wildman–Crippen LogP) is 5.41. The van der Waals surface area contributed by atoms with Gasteiger partial charge in [-0.25, -0.2) is 4.79 Å². The molecule has 1 atom stereocenters. The summed E-state index contributed by atoms with van der Waals surface area (Å²) in [6.07, 6.45) is 2.86. The molecule has 0 radical (unpaired) electrons. The van der Waals surface area contributed by atoms with E-state index in [-0.39, 0.29) is 11.4 Å². The number of carbonyl (C=O) groups excluding carboxylic acids is 2. The third kappa shape index (κ3) is 5.32. The molecule has 0 saturated carbocycles. The van der Waals surface area contributed by atoms with Gasteiger partial charge in [0.15, 0.2) is 5.76 Å². The van der Waals surface area contributed by atoms with Crippen LogP contribution in [0, 0.1) is 20.8 Å². The third-order valence-electron chi connectivity index (χ3n) is 7.20. The van der Waals surface area contributed by atoms with Gasteiger partial charge in [0, 0.05) is 12.8 Å². The van der Waals surface area contributed by atoms with Gasteiger partial charge in [-0.1, -0.05) is 30.3 Å². The number of rotatable bonds is 7. The number of furan rings is 1. The van der Waals surface area contributed by atoms with Crippen LogP contribution in [-0.4, -0.2) is 30.6 Å². The zero-order chi connectivity index (χ0) is 26.0. The Hall–Kier alpha value is -3.54. The van der Waals surface area contributed by atoms with Crippen molar-refractivity contribution in [2.45, 2.75) is 71.9 Å². The van der Waals surface area contributed by atoms with Gasteiger partial charge < -0.3 is 19.2 Å². The summed E-state index contributed by atoms with van der Waals surface area (Å²) >= 11 is 0. The fourth-order valence-electron chi connectivity index (χ4n) is 4.90. The summed E-state index contributed by atoms with van der Waals surface area (Å²) in [5.41, 5.74) is 6.79. The summed E-state index contributed by atoms with van der Waals surface area (Å²) in [7, 11) is 1.31. The number of nitrogens with one attached hydrogen (secondary N) is 1. The molecule has 1 aliphatic heterocycles. The summed E-state index contributed by atoms with van der Waals surface area (Å²) in [4.78, 5) is 25.3. The van der Waals surface area contributed by atoms with Crippen LogP contribution in [0.5, 0.6) is 5.75 Å². The Morgan fingerprint density at radius 2 is 1.75 bits per heavy atom. The number of ether oxygens (including phenoxy) is 2. The van der Waals surface area contributed by atoms with E-state index >= 15 is 0 Å². The highest BCUT2D eigenvalue weighted by Gasteiger charge is 2.31. The zero-order valence-corrected chi connectivity index (χ0v) is 22.0. The first-order valence-electron chi connectivity index (χ1n) is 12.4. The first-order valence-corrected chi connectivity index (χ1v) is 12.4. The summed E-state index contributed by atoms with van der Waals surface area (Å²) < 4.78 is 17.2. The summed E-state index contributed by atoms with van der Waals surface area (Å²) in [6.45, 7) is 10.6. The van der Waals surface area contributed by atoms with Gasteiger partial charge in [0.25, 0.3) is 5.91 Å². The lowest BCUT2D eigenvalue weighted by atomic mass is 9.84. The fourth-order valence-corrected chi connectivity index (χ4v) is 4.90. The van der Waals surface area contributed by atoms with Crippen LogP contribution < -0.4 is 10.1 Å². The number of hydrogen-bond acceptors (Lipinski definition) is 5. The Morgan fingerprint density at radius 1 is 1.03 bits per heavy atom. The smallest absolute Gasteiger partial charge is 0.328 e. The minimum absolute atomic E-state index is 0.163. The molecular weight excluding hydrogens is 454 g/mol. The van der Waals surface area contributed by atoms with Crippen molar-refractivity contribution >= 4 is 11.9 Å². The molecule has 2 heterocycles. The molecule has 1 N–H and O–H groups in total. The van der Waals surface area contributed by atoms with Crippen molar-refractivity contribution in [2.75, 3.05) is 7.11 Å². The highest BCUT2D eigenvalue weighted by molar-refractivity contribution is 5.94. The fraction of sp³-hybridized carbons (Fsp3) is 0.400. The first-order chi connectivity index (χ1) is 17.1. The van der Waals surface area contributed by atoms with Crippen molar-refractivity contribution < 1.29 is 23.5 Å². The average molecular weight is 490 g/mol. The lowest BCUT2D eigenvalue weighted by molar-refractivity contribution is -0.142. The van der Waals surface area contributed by atoms with Gasteiger partial charge in [-0.3, -0.25) is 4.79 Å². The SMILES string of the molecule is COC(=O)[C@H](Cc1ccccc1)NC(=O)c1ccc(Cc2c(C)c(C)c3c(c2C)CCC(C)(C)O3)o1. The quantitative estimate of drug-likeness (QED) is 0.449. The maximum absolute atomic E-state index is 12.9. The number of amides is 1. The van der Waals surface area contributed by atoms with Gasteiger partial charge >= 0.3 is 5.97 Å². The van der Waals surface area contributed by atoms with Crippen molar-refractivity contribution in [3.05, 3.63) is 87.4 Å². The standard InChI is InChI=1S/C30H35NO5/c1-18-19(2)27-23(14-15-30(4,5)36-27)20(3)24(18)17-22-12-13-26(35-22)28(32)31-25(29(33)34-6)16-21-10-8-7-9-11-21/h7-13,25H,14-17H2,1-6H3,(H,31,32)/t25-/m0/s1. The normalized spacial score (nSPS) is 14.9. The van der Waals surface area contributed by atoms with Crippen LogP contribution in [-0.2, 0) is 28.8 Å². The second kappa shape index (κ2) is 10.2. The highest BCUT2D eigenvalue weighted by Crippen LogP contribution is 2.41. The molecule has 36 heavy (non-hydrogen) atoms. The van der Waals surface area contributed by atoms with Crippen LogP contribution in [0.1, 0.15) is 70.0 Å². The van der Waals surface area contributed by atoms with E-state index in [9.17, 15) is 9.59 Å². The Balaban J connectivity index is 1.52. The number of hydrogen-bond donors (Lipinski definition) is 1. The number of benzene rings is 2. The number of esters is 1. The van der Waals surface area contributed by atoms with E-state index < -0.39 is 17.9 Å². The summed E-state index contributed by atoms with van der Waals surface area (Å²) in [5, 5.41) is 2.77. The third-order valence-corrected chi connectivity index (χ3v) is 7.20. The lowest BCUT2D eigenvalue weighted by Crippen LogP contribution is -2.43. The van der Waals surface area contributed by atoms with Crippen LogP contribution in [0.3, 0.4) is 0 Å². The molecule has 6 heteroatoms. The van der Waals surface area contributed by atoms with Crippen molar-refractivity contribution in [1.82, 2.24) is 5.32 Å². The molecule has 6 nitrogen and oxygen atoms in total. The molecule has 0 spiro atoms. The first kappa shape index (κ1) is 25.5. The Labute approximate surface area is 213 Å². The Bertz CT molecular complexity index is 1270. The van der Waals surface area contributed by atoms with Crippen LogP contribution in [0.25, 0.3) is 0 Å². The van der Waals surface area contributed by atoms with Crippen LogP contribution in [0.15, 0.2) is 46.9 Å². The van der Waals surface area contributed by atoms with E-state index in [0.29, 0.717) is 18.6 Å². The van der Waals surface area contributed by atoms with Crippen LogP contribution in [0.4, 0.5) is 0 Å². The van der Waals surface area contributed by atoms with Gasteiger partial charge in [-0.05, 0) is 93.0 Å². The number of carbonyl (C=O) groups is 2. The molecule has 0 fully saturated rings. The van der Waals surface area contributed by atoms with Crippen molar-refractivity contribution in [2.24, 2.45) is 0 Å². The number of fused-ring (bicyclic) bond motifs is 1. The second-order valence-electron chi connectivity index (χ2n) is 10.2.